The standard InChI is InChI=1S/C26H20N2O2/c29-25(17-15-21-11-5-9-19-7-1-3-13-23(19)21)27-28-26(30)18-16-22-12-6-10-20-8-2-4-14-24(20)22/h1-18H,(H,27,29)(H,28,30)/b17-15+,18-16+. The quantitative estimate of drug-likeness (QED) is 0.385. The zero-order valence-corrected chi connectivity index (χ0v) is 16.2. The van der Waals surface area contributed by atoms with Crippen LogP contribution < -0.4 is 10.9 Å². The number of carbonyl (C=O) groups is 2. The fourth-order valence-corrected chi connectivity index (χ4v) is 3.33. The van der Waals surface area contributed by atoms with Crippen LogP contribution in [0.15, 0.2) is 97.1 Å². The minimum Gasteiger partial charge on any atom is -0.268 e. The van der Waals surface area contributed by atoms with Crippen molar-refractivity contribution in [3.8, 4) is 0 Å². The Hall–Kier alpha value is -4.18. The van der Waals surface area contributed by atoms with E-state index in [9.17, 15) is 9.59 Å². The second-order valence-corrected chi connectivity index (χ2v) is 6.78. The monoisotopic (exact) mass is 392 g/mol. The average Bonchev–Trinajstić information content (AvgIpc) is 2.80. The number of amides is 2. The fourth-order valence-electron chi connectivity index (χ4n) is 3.33. The van der Waals surface area contributed by atoms with Crippen LogP contribution in [-0.2, 0) is 9.59 Å². The molecule has 4 aromatic rings. The molecular formula is C26H20N2O2. The van der Waals surface area contributed by atoms with Gasteiger partial charge in [-0.15, -0.1) is 0 Å². The molecule has 0 bridgehead atoms. The van der Waals surface area contributed by atoms with Gasteiger partial charge in [-0.2, -0.15) is 0 Å². The molecule has 30 heavy (non-hydrogen) atoms. The Kier molecular flexibility index (Phi) is 5.67. The molecule has 0 aromatic heterocycles. The van der Waals surface area contributed by atoms with Crippen LogP contribution in [0.1, 0.15) is 11.1 Å². The van der Waals surface area contributed by atoms with Crippen molar-refractivity contribution in [3.63, 3.8) is 0 Å². The van der Waals surface area contributed by atoms with E-state index in [1.165, 1.54) is 12.2 Å². The lowest BCUT2D eigenvalue weighted by molar-refractivity contribution is -0.123. The smallest absolute Gasteiger partial charge is 0.262 e. The first-order valence-electron chi connectivity index (χ1n) is 9.62. The molecule has 0 aliphatic heterocycles. The number of carbonyl (C=O) groups excluding carboxylic acids is 2. The fraction of sp³-hybridized carbons (Fsp3) is 0. The van der Waals surface area contributed by atoms with E-state index in [1.807, 2.05) is 84.9 Å². The summed E-state index contributed by atoms with van der Waals surface area (Å²) in [4.78, 5) is 24.1. The molecule has 2 N–H and O–H groups in total. The lowest BCUT2D eigenvalue weighted by atomic mass is 10.0. The van der Waals surface area contributed by atoms with E-state index in [-0.39, 0.29) is 0 Å². The van der Waals surface area contributed by atoms with Gasteiger partial charge in [-0.05, 0) is 44.8 Å². The minimum absolute atomic E-state index is 0.408. The molecule has 0 heterocycles. The molecule has 0 aliphatic rings. The number of benzene rings is 4. The molecule has 0 unspecified atom stereocenters. The average molecular weight is 392 g/mol. The van der Waals surface area contributed by atoms with Gasteiger partial charge < -0.3 is 0 Å². The highest BCUT2D eigenvalue weighted by molar-refractivity contribution is 6.00. The summed E-state index contributed by atoms with van der Waals surface area (Å²) < 4.78 is 0. The highest BCUT2D eigenvalue weighted by atomic mass is 16.2. The third-order valence-electron chi connectivity index (χ3n) is 4.78. The molecular weight excluding hydrogens is 372 g/mol. The van der Waals surface area contributed by atoms with Crippen molar-refractivity contribution in [1.29, 1.82) is 0 Å². The van der Waals surface area contributed by atoms with Crippen molar-refractivity contribution in [2.45, 2.75) is 0 Å². The van der Waals surface area contributed by atoms with Crippen molar-refractivity contribution in [2.75, 3.05) is 0 Å². The van der Waals surface area contributed by atoms with Crippen LogP contribution in [0.25, 0.3) is 33.7 Å². The first kappa shape index (κ1) is 19.2. The predicted octanol–water partition coefficient (Wildman–Crippen LogP) is 4.87. The topological polar surface area (TPSA) is 58.2 Å². The van der Waals surface area contributed by atoms with Gasteiger partial charge in [-0.3, -0.25) is 20.4 Å². The predicted molar refractivity (Wildman–Crippen MR) is 122 cm³/mol. The maximum absolute atomic E-state index is 12.1. The van der Waals surface area contributed by atoms with Gasteiger partial charge in [-0.25, -0.2) is 0 Å². The third kappa shape index (κ3) is 4.45. The van der Waals surface area contributed by atoms with Crippen LogP contribution in [-0.4, -0.2) is 11.8 Å². The molecule has 4 aromatic carbocycles. The zero-order valence-electron chi connectivity index (χ0n) is 16.2. The van der Waals surface area contributed by atoms with Crippen LogP contribution in [0.5, 0.6) is 0 Å². The molecule has 0 saturated heterocycles. The van der Waals surface area contributed by atoms with Gasteiger partial charge in [0, 0.05) is 12.2 Å². The molecule has 2 amide bonds. The van der Waals surface area contributed by atoms with E-state index < -0.39 is 11.8 Å². The van der Waals surface area contributed by atoms with E-state index in [2.05, 4.69) is 10.9 Å². The lowest BCUT2D eigenvalue weighted by Crippen LogP contribution is -2.39. The van der Waals surface area contributed by atoms with Crippen LogP contribution in [0, 0.1) is 0 Å². The van der Waals surface area contributed by atoms with Gasteiger partial charge in [0.2, 0.25) is 0 Å². The summed E-state index contributed by atoms with van der Waals surface area (Å²) in [5, 5.41) is 4.33. The lowest BCUT2D eigenvalue weighted by Gasteiger charge is -2.04. The Morgan fingerprint density at radius 2 is 0.933 bits per heavy atom. The third-order valence-corrected chi connectivity index (χ3v) is 4.78. The van der Waals surface area contributed by atoms with E-state index in [1.54, 1.807) is 12.2 Å². The van der Waals surface area contributed by atoms with Crippen molar-refractivity contribution in [3.05, 3.63) is 108 Å². The SMILES string of the molecule is O=C(/C=C/c1cccc2ccccc12)NNC(=O)/C=C/c1cccc2ccccc12. The summed E-state index contributed by atoms with van der Waals surface area (Å²) in [5.74, 6) is -0.815. The van der Waals surface area contributed by atoms with Gasteiger partial charge in [0.25, 0.3) is 11.8 Å². The second-order valence-electron chi connectivity index (χ2n) is 6.78. The van der Waals surface area contributed by atoms with Gasteiger partial charge in [-0.1, -0.05) is 84.9 Å². The van der Waals surface area contributed by atoms with Crippen LogP contribution >= 0.6 is 0 Å². The van der Waals surface area contributed by atoms with Crippen LogP contribution in [0.2, 0.25) is 0 Å². The van der Waals surface area contributed by atoms with Gasteiger partial charge in [0.1, 0.15) is 0 Å². The Bertz CT molecular complexity index is 1180. The summed E-state index contributed by atoms with van der Waals surface area (Å²) in [6.45, 7) is 0. The highest BCUT2D eigenvalue weighted by Crippen LogP contribution is 2.20. The summed E-state index contributed by atoms with van der Waals surface area (Å²) in [6, 6.07) is 27.8. The van der Waals surface area contributed by atoms with Gasteiger partial charge in [0.05, 0.1) is 0 Å². The maximum atomic E-state index is 12.1. The molecule has 0 radical (unpaired) electrons. The first-order chi connectivity index (χ1) is 14.7. The largest absolute Gasteiger partial charge is 0.268 e. The molecule has 0 aliphatic carbocycles. The molecule has 146 valence electrons. The summed E-state index contributed by atoms with van der Waals surface area (Å²) in [5.41, 5.74) is 6.67. The van der Waals surface area contributed by atoms with Crippen molar-refractivity contribution < 1.29 is 9.59 Å². The number of rotatable bonds is 4. The Balaban J connectivity index is 1.37. The molecule has 4 rings (SSSR count). The van der Waals surface area contributed by atoms with Gasteiger partial charge >= 0.3 is 0 Å². The van der Waals surface area contributed by atoms with Crippen LogP contribution in [0.4, 0.5) is 0 Å². The number of hydrogen-bond donors (Lipinski definition) is 2. The van der Waals surface area contributed by atoms with E-state index in [0.717, 1.165) is 32.7 Å². The van der Waals surface area contributed by atoms with Crippen molar-refractivity contribution in [1.82, 2.24) is 10.9 Å². The number of hydrogen-bond acceptors (Lipinski definition) is 2. The molecule has 0 saturated carbocycles. The minimum atomic E-state index is -0.408. The molecule has 4 nitrogen and oxygen atoms in total. The number of hydrazine groups is 1. The number of fused-ring (bicyclic) bond motifs is 2. The Morgan fingerprint density at radius 1 is 0.533 bits per heavy atom. The normalized spacial score (nSPS) is 11.3. The Morgan fingerprint density at radius 3 is 1.40 bits per heavy atom. The Labute approximate surface area is 174 Å². The van der Waals surface area contributed by atoms with Crippen LogP contribution in [0.3, 0.4) is 0 Å². The van der Waals surface area contributed by atoms with Gasteiger partial charge in [0.15, 0.2) is 0 Å². The molecule has 4 heteroatoms. The van der Waals surface area contributed by atoms with Crippen molar-refractivity contribution >= 4 is 45.5 Å². The van der Waals surface area contributed by atoms with E-state index in [4.69, 9.17) is 0 Å². The zero-order chi connectivity index (χ0) is 20.8. The summed E-state index contributed by atoms with van der Waals surface area (Å²) in [6.07, 6.45) is 6.26. The van der Waals surface area contributed by atoms with E-state index >= 15 is 0 Å². The number of nitrogens with one attached hydrogen (secondary N) is 2. The molecule has 0 fully saturated rings. The molecule has 0 spiro atoms. The maximum Gasteiger partial charge on any atom is 0.262 e. The summed E-state index contributed by atoms with van der Waals surface area (Å²) in [7, 11) is 0. The molecule has 0 atom stereocenters. The van der Waals surface area contributed by atoms with Crippen molar-refractivity contribution in [2.24, 2.45) is 0 Å². The summed E-state index contributed by atoms with van der Waals surface area (Å²) >= 11 is 0. The highest BCUT2D eigenvalue weighted by Gasteiger charge is 2.01. The first-order valence-corrected chi connectivity index (χ1v) is 9.62. The second kappa shape index (κ2) is 8.88. The van der Waals surface area contributed by atoms with E-state index in [0.29, 0.717) is 0 Å².